The summed E-state index contributed by atoms with van der Waals surface area (Å²) in [6, 6.07) is 18.4. The van der Waals surface area contributed by atoms with Crippen molar-refractivity contribution in [3.05, 3.63) is 95.2 Å². The molecule has 2 aliphatic rings. The highest BCUT2D eigenvalue weighted by Crippen LogP contribution is 2.45. The highest BCUT2D eigenvalue weighted by Gasteiger charge is 2.53. The number of aromatic nitrogens is 1. The summed E-state index contributed by atoms with van der Waals surface area (Å²) in [5, 5.41) is 13.3. The molecule has 10 nitrogen and oxygen atoms in total. The van der Waals surface area contributed by atoms with E-state index in [1.54, 1.807) is 37.1 Å². The second-order valence-electron chi connectivity index (χ2n) is 11.0. The van der Waals surface area contributed by atoms with Gasteiger partial charge in [0.15, 0.2) is 0 Å². The third kappa shape index (κ3) is 4.59. The van der Waals surface area contributed by atoms with Crippen LogP contribution >= 0.6 is 0 Å². The number of fused-ring (bicyclic) bond motifs is 4. The number of ether oxygens (including phenoxy) is 1. The normalized spacial score (nSPS) is 19.1. The van der Waals surface area contributed by atoms with Gasteiger partial charge in [-0.15, -0.1) is 0 Å². The Hall–Kier alpha value is -5.12. The summed E-state index contributed by atoms with van der Waals surface area (Å²) in [6.45, 7) is 3.59. The van der Waals surface area contributed by atoms with E-state index in [1.165, 1.54) is 6.07 Å². The Kier molecular flexibility index (Phi) is 7.13. The minimum atomic E-state index is -1.15. The summed E-state index contributed by atoms with van der Waals surface area (Å²) in [4.78, 5) is 60.0. The predicted molar refractivity (Wildman–Crippen MR) is 160 cm³/mol. The molecule has 0 aliphatic carbocycles. The van der Waals surface area contributed by atoms with Crippen molar-refractivity contribution in [2.24, 2.45) is 5.92 Å². The van der Waals surface area contributed by atoms with E-state index < -0.39 is 41.9 Å². The number of para-hydroxylation sites is 2. The number of carbonyl (C=O) groups excluding carboxylic acids is 3. The molecule has 1 saturated heterocycles. The summed E-state index contributed by atoms with van der Waals surface area (Å²) in [5.74, 6) is -1.93. The van der Waals surface area contributed by atoms with E-state index >= 15 is 0 Å². The number of anilines is 1. The van der Waals surface area contributed by atoms with Crippen molar-refractivity contribution in [3.63, 3.8) is 0 Å². The molecule has 3 N–H and O–H groups in total. The van der Waals surface area contributed by atoms with Crippen LogP contribution in [0.1, 0.15) is 53.5 Å². The van der Waals surface area contributed by atoms with Crippen molar-refractivity contribution >= 4 is 40.4 Å². The number of aromatic amines is 1. The van der Waals surface area contributed by atoms with Crippen molar-refractivity contribution in [3.8, 4) is 5.75 Å². The number of carboxylic acids is 1. The number of carbonyl (C=O) groups is 4. The topological polar surface area (TPSA) is 132 Å². The number of hydrogen-bond acceptors (Lipinski definition) is 5. The van der Waals surface area contributed by atoms with Gasteiger partial charge in [-0.25, -0.2) is 14.5 Å². The van der Waals surface area contributed by atoms with Crippen molar-refractivity contribution in [1.29, 1.82) is 0 Å². The quantitative estimate of drug-likeness (QED) is 0.254. The Morgan fingerprint density at radius 1 is 1.05 bits per heavy atom. The zero-order valence-electron chi connectivity index (χ0n) is 24.0. The van der Waals surface area contributed by atoms with Crippen LogP contribution < -0.4 is 15.0 Å². The SMILES string of the molecule is CCC(C)C(NC(=O)c1ccccc1N1C(=O)C2Cc3c([nH]c4ccccc34)C(c3ccc(OC)cc3)N2C1=O)C(=O)O. The van der Waals surface area contributed by atoms with E-state index in [2.05, 4.69) is 10.3 Å². The number of benzene rings is 3. The molecule has 0 bridgehead atoms. The van der Waals surface area contributed by atoms with Gasteiger partial charge >= 0.3 is 12.0 Å². The number of nitrogens with zero attached hydrogens (tertiary/aromatic N) is 2. The molecule has 4 atom stereocenters. The monoisotopic (exact) mass is 580 g/mol. The van der Waals surface area contributed by atoms with Gasteiger partial charge in [-0.2, -0.15) is 0 Å². The molecule has 1 aromatic heterocycles. The first-order chi connectivity index (χ1) is 20.7. The number of hydrogen-bond donors (Lipinski definition) is 3. The number of nitrogens with one attached hydrogen (secondary N) is 2. The third-order valence-electron chi connectivity index (χ3n) is 8.64. The molecule has 2 aliphatic heterocycles. The Morgan fingerprint density at radius 2 is 1.74 bits per heavy atom. The maximum absolute atomic E-state index is 14.3. The number of aliphatic carboxylic acids is 1. The lowest BCUT2D eigenvalue weighted by Crippen LogP contribution is -2.45. The first-order valence-electron chi connectivity index (χ1n) is 14.3. The number of imide groups is 1. The zero-order chi connectivity index (χ0) is 30.4. The minimum absolute atomic E-state index is 0.0450. The van der Waals surface area contributed by atoms with Crippen LogP contribution in [0.2, 0.25) is 0 Å². The summed E-state index contributed by atoms with van der Waals surface area (Å²) in [6.07, 6.45) is 0.844. The molecule has 0 radical (unpaired) electrons. The highest BCUT2D eigenvalue weighted by molar-refractivity contribution is 6.24. The van der Waals surface area contributed by atoms with Crippen LogP contribution in [0.3, 0.4) is 0 Å². The third-order valence-corrected chi connectivity index (χ3v) is 8.64. The lowest BCUT2D eigenvalue weighted by Gasteiger charge is -2.36. The molecule has 3 heterocycles. The minimum Gasteiger partial charge on any atom is -0.497 e. The second-order valence-corrected chi connectivity index (χ2v) is 11.0. The Bertz CT molecular complexity index is 1750. The van der Waals surface area contributed by atoms with Crippen LogP contribution in [-0.2, 0) is 16.0 Å². The number of carboxylic acid groups (broad SMARTS) is 1. The van der Waals surface area contributed by atoms with Gasteiger partial charge in [-0.1, -0.05) is 62.7 Å². The fourth-order valence-corrected chi connectivity index (χ4v) is 6.19. The summed E-state index contributed by atoms with van der Waals surface area (Å²) >= 11 is 0. The standard InChI is InChI=1S/C33H32N4O6/c1-4-18(2)27(32(40)41)35-30(38)22-10-6-8-12-25(22)37-31(39)26-17-23-21-9-5-7-11-24(21)34-28(23)29(36(26)33(37)42)19-13-15-20(43-3)16-14-19/h5-16,18,26-27,29,34H,4,17H2,1-3H3,(H,35,38)(H,40,41). The van der Waals surface area contributed by atoms with Crippen LogP contribution in [0.4, 0.5) is 10.5 Å². The highest BCUT2D eigenvalue weighted by atomic mass is 16.5. The van der Waals surface area contributed by atoms with E-state index in [0.29, 0.717) is 18.6 Å². The lowest BCUT2D eigenvalue weighted by atomic mass is 9.89. The van der Waals surface area contributed by atoms with Crippen molar-refractivity contribution in [1.82, 2.24) is 15.2 Å². The number of amides is 4. The van der Waals surface area contributed by atoms with Crippen molar-refractivity contribution in [2.45, 2.75) is 44.8 Å². The maximum Gasteiger partial charge on any atom is 0.332 e. The Labute approximate surface area is 248 Å². The van der Waals surface area contributed by atoms with Gasteiger partial charge in [0, 0.05) is 23.0 Å². The molecule has 6 rings (SSSR count). The van der Waals surface area contributed by atoms with Crippen LogP contribution in [0.25, 0.3) is 10.9 Å². The largest absolute Gasteiger partial charge is 0.497 e. The smallest absolute Gasteiger partial charge is 0.332 e. The summed E-state index contributed by atoms with van der Waals surface area (Å²) in [5.41, 5.74) is 3.66. The van der Waals surface area contributed by atoms with Crippen LogP contribution in [0.5, 0.6) is 5.75 Å². The molecular weight excluding hydrogens is 548 g/mol. The Morgan fingerprint density at radius 3 is 2.44 bits per heavy atom. The maximum atomic E-state index is 14.3. The van der Waals surface area contributed by atoms with Gasteiger partial charge in [-0.05, 0) is 47.4 Å². The summed E-state index contributed by atoms with van der Waals surface area (Å²) < 4.78 is 5.35. The molecule has 3 aromatic carbocycles. The van der Waals surface area contributed by atoms with Crippen LogP contribution in [0.15, 0.2) is 72.8 Å². The van der Waals surface area contributed by atoms with Gasteiger partial charge in [0.25, 0.3) is 11.8 Å². The number of H-pyrrole nitrogens is 1. The second kappa shape index (κ2) is 10.9. The molecular formula is C33H32N4O6. The van der Waals surface area contributed by atoms with E-state index in [0.717, 1.165) is 32.6 Å². The predicted octanol–water partition coefficient (Wildman–Crippen LogP) is 4.89. The molecule has 43 heavy (non-hydrogen) atoms. The van der Waals surface area contributed by atoms with E-state index in [-0.39, 0.29) is 17.2 Å². The van der Waals surface area contributed by atoms with Gasteiger partial charge in [0.2, 0.25) is 0 Å². The molecule has 220 valence electrons. The molecule has 4 unspecified atom stereocenters. The number of urea groups is 1. The van der Waals surface area contributed by atoms with Gasteiger partial charge in [0.1, 0.15) is 23.9 Å². The van der Waals surface area contributed by atoms with E-state index in [4.69, 9.17) is 4.74 Å². The van der Waals surface area contributed by atoms with Gasteiger partial charge in [-0.3, -0.25) is 14.5 Å². The van der Waals surface area contributed by atoms with Crippen molar-refractivity contribution < 1.29 is 29.0 Å². The molecule has 0 saturated carbocycles. The van der Waals surface area contributed by atoms with E-state index in [9.17, 15) is 24.3 Å². The van der Waals surface area contributed by atoms with Crippen LogP contribution in [0, 0.1) is 5.92 Å². The first kappa shape index (κ1) is 28.0. The zero-order valence-corrected chi connectivity index (χ0v) is 24.0. The molecule has 1 fully saturated rings. The van der Waals surface area contributed by atoms with Gasteiger partial charge < -0.3 is 20.1 Å². The molecule has 0 spiro atoms. The number of rotatable bonds is 8. The summed E-state index contributed by atoms with van der Waals surface area (Å²) in [7, 11) is 1.58. The average molecular weight is 581 g/mol. The molecule has 10 heteroatoms. The average Bonchev–Trinajstić information content (AvgIpc) is 3.52. The first-order valence-corrected chi connectivity index (χ1v) is 14.3. The van der Waals surface area contributed by atoms with Gasteiger partial charge in [0.05, 0.1) is 18.4 Å². The molecule has 4 aromatic rings. The van der Waals surface area contributed by atoms with Crippen molar-refractivity contribution in [2.75, 3.05) is 12.0 Å². The van der Waals surface area contributed by atoms with Crippen LogP contribution in [-0.4, -0.2) is 58.0 Å². The lowest BCUT2D eigenvalue weighted by molar-refractivity contribution is -0.140. The fourth-order valence-electron chi connectivity index (χ4n) is 6.19. The fraction of sp³-hybridized carbons (Fsp3) is 0.273. The molecule has 4 amide bonds. The number of methoxy groups -OCH3 is 1. The van der Waals surface area contributed by atoms with E-state index in [1.807, 2.05) is 55.5 Å². The Balaban J connectivity index is 1.43.